The van der Waals surface area contributed by atoms with E-state index in [1.54, 1.807) is 44.2 Å². The second-order valence-electron chi connectivity index (χ2n) is 8.74. The molecular weight excluding hydrogens is 630 g/mol. The summed E-state index contributed by atoms with van der Waals surface area (Å²) in [5, 5.41) is 8.90. The van der Waals surface area contributed by atoms with Crippen molar-refractivity contribution in [1.82, 2.24) is 4.57 Å². The Kier molecular flexibility index (Phi) is 9.59. The van der Waals surface area contributed by atoms with E-state index in [-0.39, 0.29) is 24.3 Å². The highest BCUT2D eigenvalue weighted by atomic mass is 79.9. The lowest BCUT2D eigenvalue weighted by Crippen LogP contribution is -2.40. The van der Waals surface area contributed by atoms with Gasteiger partial charge in [-0.1, -0.05) is 11.3 Å². The Morgan fingerprint density at radius 2 is 1.71 bits per heavy atom. The van der Waals surface area contributed by atoms with Crippen molar-refractivity contribution in [2.45, 2.75) is 19.9 Å². The minimum Gasteiger partial charge on any atom is -0.493 e. The highest BCUT2D eigenvalue weighted by Crippen LogP contribution is 2.42. The predicted octanol–water partition coefficient (Wildman–Crippen LogP) is 3.50. The SMILES string of the molecule is CCOC(=O)C1=C(C)N=c2s/c(=C\c3cc(Br)c(OCC#N)c(OC)c3)c(=O)n2[C@H]1c1cc(OC)c(OC)c(OC)c1. The molecule has 0 spiro atoms. The van der Waals surface area contributed by atoms with E-state index in [0.717, 1.165) is 0 Å². The molecule has 0 saturated heterocycles. The molecule has 220 valence electrons. The van der Waals surface area contributed by atoms with Crippen LogP contribution in [0.5, 0.6) is 28.7 Å². The predicted molar refractivity (Wildman–Crippen MR) is 158 cm³/mol. The summed E-state index contributed by atoms with van der Waals surface area (Å²) in [6, 6.07) is 7.88. The monoisotopic (exact) mass is 657 g/mol. The van der Waals surface area contributed by atoms with Crippen LogP contribution in [0.25, 0.3) is 6.08 Å². The molecule has 1 aliphatic heterocycles. The van der Waals surface area contributed by atoms with Gasteiger partial charge in [0.15, 0.2) is 34.4 Å². The number of ether oxygens (including phenoxy) is 6. The van der Waals surface area contributed by atoms with Crippen LogP contribution >= 0.6 is 27.3 Å². The molecule has 4 rings (SSSR count). The zero-order valence-electron chi connectivity index (χ0n) is 23.8. The fraction of sp³-hybridized carbons (Fsp3) is 0.310. The fourth-order valence-corrected chi connectivity index (χ4v) is 6.21. The van der Waals surface area contributed by atoms with Gasteiger partial charge in [-0.3, -0.25) is 9.36 Å². The Hall–Kier alpha value is -4.28. The lowest BCUT2D eigenvalue weighted by atomic mass is 9.95. The lowest BCUT2D eigenvalue weighted by Gasteiger charge is -2.26. The maximum absolute atomic E-state index is 14.0. The summed E-state index contributed by atoms with van der Waals surface area (Å²) in [6.07, 6.45) is 1.70. The Balaban J connectivity index is 1.97. The third-order valence-electron chi connectivity index (χ3n) is 6.35. The molecule has 1 aliphatic rings. The van der Waals surface area contributed by atoms with Crippen LogP contribution in [0.15, 0.2) is 49.8 Å². The number of halogens is 1. The first kappa shape index (κ1) is 30.7. The van der Waals surface area contributed by atoms with Crippen molar-refractivity contribution >= 4 is 39.3 Å². The van der Waals surface area contributed by atoms with E-state index in [2.05, 4.69) is 20.9 Å². The average molecular weight is 659 g/mol. The van der Waals surface area contributed by atoms with Crippen LogP contribution in [0.3, 0.4) is 0 Å². The number of thiazole rings is 1. The van der Waals surface area contributed by atoms with Gasteiger partial charge in [-0.15, -0.1) is 0 Å². The molecular formula is C29H28BrN3O8S. The molecule has 1 aromatic heterocycles. The summed E-state index contributed by atoms with van der Waals surface area (Å²) < 4.78 is 35.3. The minimum absolute atomic E-state index is 0.146. The highest BCUT2D eigenvalue weighted by molar-refractivity contribution is 9.10. The smallest absolute Gasteiger partial charge is 0.338 e. The topological polar surface area (TPSA) is 131 Å². The van der Waals surface area contributed by atoms with E-state index >= 15 is 0 Å². The van der Waals surface area contributed by atoms with Crippen LogP contribution in [-0.2, 0) is 9.53 Å². The molecule has 3 aromatic rings. The number of fused-ring (bicyclic) bond motifs is 1. The van der Waals surface area contributed by atoms with Crippen molar-refractivity contribution in [2.24, 2.45) is 4.99 Å². The zero-order valence-corrected chi connectivity index (χ0v) is 26.2. The number of hydrogen-bond acceptors (Lipinski definition) is 11. The first-order valence-electron chi connectivity index (χ1n) is 12.6. The second-order valence-corrected chi connectivity index (χ2v) is 10.6. The lowest BCUT2D eigenvalue weighted by molar-refractivity contribution is -0.139. The van der Waals surface area contributed by atoms with Gasteiger partial charge in [0.1, 0.15) is 6.07 Å². The van der Waals surface area contributed by atoms with Crippen LogP contribution < -0.4 is 38.6 Å². The van der Waals surface area contributed by atoms with Gasteiger partial charge in [0.05, 0.1) is 61.4 Å². The van der Waals surface area contributed by atoms with Crippen LogP contribution in [0, 0.1) is 11.3 Å². The van der Waals surface area contributed by atoms with Crippen molar-refractivity contribution in [1.29, 1.82) is 5.26 Å². The number of rotatable bonds is 10. The molecule has 0 unspecified atom stereocenters. The molecule has 0 aliphatic carbocycles. The number of carbonyl (C=O) groups excluding carboxylic acids is 1. The number of benzene rings is 2. The second kappa shape index (κ2) is 13.1. The van der Waals surface area contributed by atoms with Gasteiger partial charge >= 0.3 is 5.97 Å². The summed E-state index contributed by atoms with van der Waals surface area (Å²) in [4.78, 5) is 32.3. The summed E-state index contributed by atoms with van der Waals surface area (Å²) in [7, 11) is 5.95. The third-order valence-corrected chi connectivity index (χ3v) is 7.92. The third kappa shape index (κ3) is 5.73. The van der Waals surface area contributed by atoms with E-state index < -0.39 is 12.0 Å². The summed E-state index contributed by atoms with van der Waals surface area (Å²) in [5.41, 5.74) is 1.44. The number of nitrogens with zero attached hydrogens (tertiary/aromatic N) is 3. The molecule has 1 atom stereocenters. The minimum atomic E-state index is -0.890. The van der Waals surface area contributed by atoms with Crippen molar-refractivity contribution in [3.8, 4) is 34.8 Å². The van der Waals surface area contributed by atoms with Crippen molar-refractivity contribution in [3.05, 3.63) is 70.8 Å². The Labute approximate surface area is 253 Å². The normalized spacial score (nSPS) is 14.4. The summed E-state index contributed by atoms with van der Waals surface area (Å²) >= 11 is 4.63. The van der Waals surface area contributed by atoms with Crippen LogP contribution in [-0.4, -0.2) is 52.2 Å². The number of methoxy groups -OCH3 is 4. The number of allylic oxidation sites excluding steroid dienone is 1. The molecule has 0 saturated carbocycles. The molecule has 0 amide bonds. The van der Waals surface area contributed by atoms with Gasteiger partial charge in [0.25, 0.3) is 5.56 Å². The molecule has 0 N–H and O–H groups in total. The molecule has 42 heavy (non-hydrogen) atoms. The quantitative estimate of drug-likeness (QED) is 0.301. The fourth-order valence-electron chi connectivity index (χ4n) is 4.59. The first-order valence-corrected chi connectivity index (χ1v) is 14.2. The van der Waals surface area contributed by atoms with E-state index in [0.29, 0.717) is 59.4 Å². The maximum atomic E-state index is 14.0. The van der Waals surface area contributed by atoms with Gasteiger partial charge in [0, 0.05) is 0 Å². The van der Waals surface area contributed by atoms with Crippen LogP contribution in [0.4, 0.5) is 0 Å². The Morgan fingerprint density at radius 1 is 1.07 bits per heavy atom. The van der Waals surface area contributed by atoms with Gasteiger partial charge in [-0.05, 0) is 71.2 Å². The van der Waals surface area contributed by atoms with Gasteiger partial charge in [-0.25, -0.2) is 9.79 Å². The average Bonchev–Trinajstić information content (AvgIpc) is 3.28. The first-order chi connectivity index (χ1) is 20.2. The van der Waals surface area contributed by atoms with E-state index in [1.807, 2.05) is 6.07 Å². The van der Waals surface area contributed by atoms with Crippen molar-refractivity contribution < 1.29 is 33.2 Å². The molecule has 0 fully saturated rings. The van der Waals surface area contributed by atoms with Gasteiger partial charge < -0.3 is 28.4 Å². The van der Waals surface area contributed by atoms with E-state index in [4.69, 9.17) is 33.7 Å². The van der Waals surface area contributed by atoms with E-state index in [1.165, 1.54) is 44.3 Å². The number of esters is 1. The Bertz CT molecular complexity index is 1760. The maximum Gasteiger partial charge on any atom is 0.338 e. The van der Waals surface area contributed by atoms with Gasteiger partial charge in [-0.2, -0.15) is 5.26 Å². The molecule has 13 heteroatoms. The van der Waals surface area contributed by atoms with Crippen molar-refractivity contribution in [2.75, 3.05) is 41.7 Å². The van der Waals surface area contributed by atoms with E-state index in [9.17, 15) is 9.59 Å². The molecule has 2 heterocycles. The summed E-state index contributed by atoms with van der Waals surface area (Å²) in [5.74, 6) is 1.26. The van der Waals surface area contributed by atoms with Crippen LogP contribution in [0.2, 0.25) is 0 Å². The van der Waals surface area contributed by atoms with Gasteiger partial charge in [0.2, 0.25) is 5.75 Å². The Morgan fingerprint density at radius 3 is 2.29 bits per heavy atom. The molecule has 11 nitrogen and oxygen atoms in total. The zero-order chi connectivity index (χ0) is 30.6. The number of carbonyl (C=O) groups is 1. The molecule has 0 bridgehead atoms. The number of aromatic nitrogens is 1. The van der Waals surface area contributed by atoms with Crippen molar-refractivity contribution in [3.63, 3.8) is 0 Å². The highest BCUT2D eigenvalue weighted by Gasteiger charge is 2.34. The number of hydrogen-bond donors (Lipinski definition) is 0. The summed E-state index contributed by atoms with van der Waals surface area (Å²) in [6.45, 7) is 3.40. The van der Waals surface area contributed by atoms with Crippen LogP contribution in [0.1, 0.15) is 31.0 Å². The molecule has 2 aromatic carbocycles. The molecule has 0 radical (unpaired) electrons. The number of nitriles is 1. The standard InChI is InChI=1S/C29H28BrN3O8S/c1-7-40-28(35)23-15(2)32-29-33(24(23)17-13-20(37-4)26(39-6)21(14-17)38-5)27(34)22(42-29)12-16-10-18(30)25(41-9-8-31)19(11-16)36-3/h10-14,24H,7,9H2,1-6H3/b22-12-/t24-/m0/s1. The largest absolute Gasteiger partial charge is 0.493 e.